The van der Waals surface area contributed by atoms with E-state index in [2.05, 4.69) is 6.92 Å². The first-order valence-corrected chi connectivity index (χ1v) is 11.6. The number of hydrogen-bond donors (Lipinski definition) is 0. The van der Waals surface area contributed by atoms with Crippen LogP contribution in [0.3, 0.4) is 0 Å². The normalized spacial score (nSPS) is 10.8. The van der Waals surface area contributed by atoms with Crippen LogP contribution in [0, 0.1) is 0 Å². The molecule has 0 saturated heterocycles. The average Bonchev–Trinajstić information content (AvgIpc) is 2.67. The minimum Gasteiger partial charge on any atom is -0.466 e. The molecule has 0 saturated carbocycles. The molecule has 0 radical (unpaired) electrons. The molecule has 0 heterocycles. The number of carbonyl (C=O) groups is 2. The average molecular weight is 466 g/mol. The number of unbranched alkanes of at least 4 members (excludes halogenated alkanes) is 8. The topological polar surface area (TPSA) is 52.6 Å². The second-order valence-corrected chi connectivity index (χ2v) is 8.27. The summed E-state index contributed by atoms with van der Waals surface area (Å²) in [5, 5.41) is 0.631. The first kappa shape index (κ1) is 26.1. The molecule has 7 heteroatoms. The minimum absolute atomic E-state index is 0.102. The van der Waals surface area contributed by atoms with Crippen molar-refractivity contribution in [3.05, 3.63) is 27.2 Å². The Hall–Kier alpha value is -0.970. The van der Waals surface area contributed by atoms with E-state index in [1.807, 2.05) is 0 Å². The first-order valence-electron chi connectivity index (χ1n) is 10.4. The van der Waals surface area contributed by atoms with Gasteiger partial charge < -0.3 is 9.47 Å². The molecule has 0 bridgehead atoms. The van der Waals surface area contributed by atoms with Gasteiger partial charge in [0.2, 0.25) is 0 Å². The van der Waals surface area contributed by atoms with Crippen LogP contribution in [0.1, 0.15) is 84.0 Å². The van der Waals surface area contributed by atoms with E-state index in [1.165, 1.54) is 57.1 Å². The quantitative estimate of drug-likeness (QED) is 0.115. The van der Waals surface area contributed by atoms with E-state index in [4.69, 9.17) is 44.3 Å². The van der Waals surface area contributed by atoms with Crippen molar-refractivity contribution in [1.82, 2.24) is 0 Å². The molecule has 29 heavy (non-hydrogen) atoms. The van der Waals surface area contributed by atoms with Gasteiger partial charge in [0.25, 0.3) is 0 Å². The smallest absolute Gasteiger partial charge is 0.311 e. The minimum atomic E-state index is -0.466. The summed E-state index contributed by atoms with van der Waals surface area (Å²) in [4.78, 5) is 23.6. The van der Waals surface area contributed by atoms with Gasteiger partial charge in [-0.3, -0.25) is 9.59 Å². The van der Waals surface area contributed by atoms with Gasteiger partial charge in [-0.2, -0.15) is 0 Å². The molecule has 0 spiro atoms. The molecule has 1 aromatic carbocycles. The summed E-state index contributed by atoms with van der Waals surface area (Å²) in [6.45, 7) is 2.67. The summed E-state index contributed by atoms with van der Waals surface area (Å²) in [6.07, 6.45) is 11.6. The van der Waals surface area contributed by atoms with Crippen molar-refractivity contribution in [3.8, 4) is 5.75 Å². The summed E-state index contributed by atoms with van der Waals surface area (Å²) < 4.78 is 10.4. The highest BCUT2D eigenvalue weighted by Crippen LogP contribution is 2.34. The predicted octanol–water partition coefficient (Wildman–Crippen LogP) is 7.80. The van der Waals surface area contributed by atoms with Crippen LogP contribution in [-0.4, -0.2) is 18.5 Å². The molecular formula is C22H31Cl3O4. The van der Waals surface area contributed by atoms with E-state index in [-0.39, 0.29) is 39.6 Å². The maximum atomic E-state index is 11.9. The molecule has 0 aliphatic heterocycles. The molecule has 0 aliphatic carbocycles. The Morgan fingerprint density at radius 2 is 1.28 bits per heavy atom. The zero-order valence-corrected chi connectivity index (χ0v) is 19.4. The van der Waals surface area contributed by atoms with Gasteiger partial charge in [-0.05, 0) is 12.8 Å². The van der Waals surface area contributed by atoms with Crippen LogP contribution in [-0.2, 0) is 14.3 Å². The van der Waals surface area contributed by atoms with Gasteiger partial charge in [0.15, 0.2) is 0 Å². The molecule has 1 aromatic rings. The fourth-order valence-electron chi connectivity index (χ4n) is 2.82. The Labute approximate surface area is 189 Å². The maximum absolute atomic E-state index is 11.9. The number of carbonyl (C=O) groups excluding carboxylic acids is 2. The van der Waals surface area contributed by atoms with Crippen LogP contribution >= 0.6 is 34.8 Å². The van der Waals surface area contributed by atoms with Crippen LogP contribution in [0.25, 0.3) is 0 Å². The third-order valence-electron chi connectivity index (χ3n) is 4.46. The van der Waals surface area contributed by atoms with E-state index in [9.17, 15) is 9.59 Å². The molecule has 4 nitrogen and oxygen atoms in total. The van der Waals surface area contributed by atoms with E-state index in [0.717, 1.165) is 12.8 Å². The third kappa shape index (κ3) is 12.3. The summed E-state index contributed by atoms with van der Waals surface area (Å²) in [7, 11) is 0. The second-order valence-electron chi connectivity index (χ2n) is 7.08. The summed E-state index contributed by atoms with van der Waals surface area (Å²) in [5.41, 5.74) is 0. The Balaban J connectivity index is 2.04. The number of halogens is 3. The summed E-state index contributed by atoms with van der Waals surface area (Å²) in [5.74, 6) is -0.525. The molecule has 0 N–H and O–H groups in total. The second kappa shape index (κ2) is 15.8. The predicted molar refractivity (Wildman–Crippen MR) is 119 cm³/mol. The number of rotatable bonds is 15. The van der Waals surface area contributed by atoms with Crippen molar-refractivity contribution in [1.29, 1.82) is 0 Å². The lowest BCUT2D eigenvalue weighted by Crippen LogP contribution is -2.10. The van der Waals surface area contributed by atoms with Crippen molar-refractivity contribution >= 4 is 46.7 Å². The highest BCUT2D eigenvalue weighted by Gasteiger charge is 2.11. The Kier molecular flexibility index (Phi) is 14.2. The molecule has 0 atom stereocenters. The molecule has 0 aliphatic rings. The number of ether oxygens (including phenoxy) is 2. The highest BCUT2D eigenvalue weighted by molar-refractivity contribution is 6.48. The molecule has 0 fully saturated rings. The number of benzene rings is 1. The van der Waals surface area contributed by atoms with Crippen molar-refractivity contribution in [2.24, 2.45) is 0 Å². The largest absolute Gasteiger partial charge is 0.466 e. The third-order valence-corrected chi connectivity index (χ3v) is 5.66. The van der Waals surface area contributed by atoms with Crippen LogP contribution in [0.5, 0.6) is 5.75 Å². The van der Waals surface area contributed by atoms with Gasteiger partial charge in [-0.1, -0.05) is 93.1 Å². The van der Waals surface area contributed by atoms with E-state index in [0.29, 0.717) is 13.0 Å². The molecular weight excluding hydrogens is 435 g/mol. The Bertz CT molecular complexity index is 611. The van der Waals surface area contributed by atoms with E-state index in [1.54, 1.807) is 0 Å². The van der Waals surface area contributed by atoms with Crippen LogP contribution in [0.2, 0.25) is 15.1 Å². The monoisotopic (exact) mass is 464 g/mol. The maximum Gasteiger partial charge on any atom is 0.311 e. The van der Waals surface area contributed by atoms with Gasteiger partial charge in [0.1, 0.15) is 5.75 Å². The van der Waals surface area contributed by atoms with Crippen LogP contribution < -0.4 is 4.74 Å². The van der Waals surface area contributed by atoms with Gasteiger partial charge in [-0.25, -0.2) is 0 Å². The molecule has 0 amide bonds. The lowest BCUT2D eigenvalue weighted by Gasteiger charge is -2.07. The Morgan fingerprint density at radius 3 is 1.86 bits per heavy atom. The van der Waals surface area contributed by atoms with Gasteiger partial charge >= 0.3 is 11.9 Å². The van der Waals surface area contributed by atoms with Gasteiger partial charge in [0, 0.05) is 25.0 Å². The fraction of sp³-hybridized carbons (Fsp3) is 0.636. The Morgan fingerprint density at radius 1 is 0.759 bits per heavy atom. The van der Waals surface area contributed by atoms with Crippen molar-refractivity contribution in [3.63, 3.8) is 0 Å². The van der Waals surface area contributed by atoms with Crippen LogP contribution in [0.4, 0.5) is 0 Å². The van der Waals surface area contributed by atoms with Crippen molar-refractivity contribution in [2.45, 2.75) is 84.0 Å². The number of hydrogen-bond acceptors (Lipinski definition) is 4. The van der Waals surface area contributed by atoms with Crippen LogP contribution in [0.15, 0.2) is 12.1 Å². The fourth-order valence-corrected chi connectivity index (χ4v) is 3.40. The molecule has 0 aromatic heterocycles. The van der Waals surface area contributed by atoms with Crippen molar-refractivity contribution < 1.29 is 19.1 Å². The number of esters is 2. The standard InChI is InChI=1S/C22H31Cl3O4/c1-2-3-4-5-6-7-8-9-10-14-28-20(26)12-11-13-21(27)29-17-15-18(23)22(25)19(24)16-17/h15-16H,2-14H2,1H3. The van der Waals surface area contributed by atoms with Crippen molar-refractivity contribution in [2.75, 3.05) is 6.61 Å². The highest BCUT2D eigenvalue weighted by atomic mass is 35.5. The first-order chi connectivity index (χ1) is 13.9. The van der Waals surface area contributed by atoms with Gasteiger partial charge in [-0.15, -0.1) is 0 Å². The van der Waals surface area contributed by atoms with E-state index >= 15 is 0 Å². The molecule has 164 valence electrons. The van der Waals surface area contributed by atoms with Gasteiger partial charge in [0.05, 0.1) is 21.7 Å². The molecule has 0 unspecified atom stereocenters. The lowest BCUT2D eigenvalue weighted by molar-refractivity contribution is -0.144. The lowest BCUT2D eigenvalue weighted by atomic mass is 10.1. The molecule has 1 rings (SSSR count). The van der Waals surface area contributed by atoms with E-state index < -0.39 is 5.97 Å². The summed E-state index contributed by atoms with van der Waals surface area (Å²) in [6, 6.07) is 2.85. The zero-order valence-electron chi connectivity index (χ0n) is 17.1. The zero-order chi connectivity index (χ0) is 21.5. The summed E-state index contributed by atoms with van der Waals surface area (Å²) >= 11 is 17.6. The SMILES string of the molecule is CCCCCCCCCCCOC(=O)CCCC(=O)Oc1cc(Cl)c(Cl)c(Cl)c1.